The van der Waals surface area contributed by atoms with Crippen LogP contribution in [0, 0.1) is 34.0 Å². The van der Waals surface area contributed by atoms with Gasteiger partial charge in [0.2, 0.25) is 6.29 Å². The van der Waals surface area contributed by atoms with E-state index in [9.17, 15) is 76.3 Å². The second-order valence-corrected chi connectivity index (χ2v) is 21.4. The van der Waals surface area contributed by atoms with Crippen LogP contribution in [0.25, 0.3) is 0 Å². The lowest BCUT2D eigenvalue weighted by Gasteiger charge is -2.75. The predicted molar refractivity (Wildman–Crippen MR) is 224 cm³/mol. The molecule has 23 heteroatoms. The third-order valence-corrected chi connectivity index (χ3v) is 17.3. The number of aliphatic hydroxyl groups excluding tert-OH is 14. The summed E-state index contributed by atoms with van der Waals surface area (Å²) in [6.07, 6.45) is -29.6. The largest absolute Gasteiger partial charge is 0.432 e. The van der Waals surface area contributed by atoms with E-state index in [4.69, 9.17) is 37.9 Å². The monoisotopic (exact) mass is 980 g/mol. The normalized spacial score (nSPS) is 54.8. The van der Waals surface area contributed by atoms with Crippen LogP contribution >= 0.6 is 0 Å². The molecule has 4 aliphatic carbocycles. The van der Waals surface area contributed by atoms with Crippen molar-refractivity contribution >= 4 is 5.97 Å². The van der Waals surface area contributed by atoms with E-state index >= 15 is 0 Å². The van der Waals surface area contributed by atoms with Gasteiger partial charge in [0.15, 0.2) is 18.9 Å². The van der Waals surface area contributed by atoms with Crippen molar-refractivity contribution in [2.24, 2.45) is 34.0 Å². The van der Waals surface area contributed by atoms with Crippen LogP contribution < -0.4 is 0 Å². The molecule has 0 radical (unpaired) electrons. The summed E-state index contributed by atoms with van der Waals surface area (Å²) in [4.78, 5) is 14.3. The number of ether oxygens (including phenoxy) is 8. The highest BCUT2D eigenvalue weighted by molar-refractivity contribution is 5.77. The Hall–Kier alpha value is -1.63. The van der Waals surface area contributed by atoms with E-state index in [1.807, 2.05) is 6.92 Å². The highest BCUT2D eigenvalue weighted by Crippen LogP contribution is 2.78. The van der Waals surface area contributed by atoms with Crippen LogP contribution in [0.15, 0.2) is 12.2 Å². The van der Waals surface area contributed by atoms with E-state index in [0.29, 0.717) is 50.5 Å². The molecule has 8 fully saturated rings. The summed E-state index contributed by atoms with van der Waals surface area (Å²) >= 11 is 0. The van der Waals surface area contributed by atoms with Crippen molar-refractivity contribution in [3.63, 3.8) is 0 Å². The minimum Gasteiger partial charge on any atom is -0.432 e. The average Bonchev–Trinajstić information content (AvgIpc) is 3.29. The molecule has 4 heterocycles. The molecule has 21 unspecified atom stereocenters. The summed E-state index contributed by atoms with van der Waals surface area (Å²) in [5.74, 6) is -0.702. The maximum Gasteiger partial charge on any atom is 0.314 e. The van der Waals surface area contributed by atoms with Gasteiger partial charge in [-0.15, -0.1) is 0 Å². The van der Waals surface area contributed by atoms with Gasteiger partial charge in [0.1, 0.15) is 97.7 Å². The van der Waals surface area contributed by atoms with E-state index in [0.717, 1.165) is 6.42 Å². The first-order valence-electron chi connectivity index (χ1n) is 23.8. The van der Waals surface area contributed by atoms with E-state index < -0.39 is 172 Å². The van der Waals surface area contributed by atoms with Gasteiger partial charge in [0.25, 0.3) is 0 Å². The summed E-state index contributed by atoms with van der Waals surface area (Å²) in [7, 11) is 0. The zero-order chi connectivity index (χ0) is 49.6. The summed E-state index contributed by atoms with van der Waals surface area (Å²) in [5.41, 5.74) is -2.44. The van der Waals surface area contributed by atoms with Gasteiger partial charge in [-0.25, -0.2) is 0 Å². The van der Waals surface area contributed by atoms with Crippen LogP contribution in [0.1, 0.15) is 72.1 Å². The van der Waals surface area contributed by atoms with Gasteiger partial charge < -0.3 is 109 Å². The topological polar surface area (TPSA) is 374 Å². The molecular formula is C45H72O23. The van der Waals surface area contributed by atoms with Gasteiger partial charge in [-0.3, -0.25) is 4.79 Å². The quantitative estimate of drug-likeness (QED) is 0.0467. The highest BCUT2D eigenvalue weighted by atomic mass is 16.8. The van der Waals surface area contributed by atoms with Crippen LogP contribution in [-0.2, 0) is 42.7 Å². The van der Waals surface area contributed by atoms with E-state index in [2.05, 4.69) is 13.5 Å². The Labute approximate surface area is 392 Å². The Morgan fingerprint density at radius 1 is 0.588 bits per heavy atom. The molecule has 4 saturated carbocycles. The third kappa shape index (κ3) is 8.60. The molecule has 14 N–H and O–H groups in total. The molecule has 0 aromatic carbocycles. The first-order valence-corrected chi connectivity index (χ1v) is 23.8. The molecule has 0 bridgehead atoms. The van der Waals surface area contributed by atoms with E-state index in [-0.39, 0.29) is 23.2 Å². The molecular weight excluding hydrogens is 908 g/mol. The number of esters is 1. The molecule has 27 atom stereocenters. The smallest absolute Gasteiger partial charge is 0.314 e. The van der Waals surface area contributed by atoms with Crippen LogP contribution in [0.4, 0.5) is 0 Å². The lowest BCUT2D eigenvalue weighted by molar-refractivity contribution is -0.403. The molecule has 1 spiro atoms. The number of aliphatic hydroxyl groups is 14. The van der Waals surface area contributed by atoms with Crippen molar-refractivity contribution in [2.45, 2.75) is 201 Å². The molecule has 8 rings (SSSR count). The molecule has 390 valence electrons. The minimum atomic E-state index is -1.96. The van der Waals surface area contributed by atoms with Gasteiger partial charge in [0.05, 0.1) is 37.4 Å². The van der Waals surface area contributed by atoms with Gasteiger partial charge >= 0.3 is 5.97 Å². The minimum absolute atomic E-state index is 0.00846. The van der Waals surface area contributed by atoms with Gasteiger partial charge in [-0.05, 0) is 93.0 Å². The number of rotatable bonds is 13. The second-order valence-electron chi connectivity index (χ2n) is 21.4. The molecule has 4 saturated heterocycles. The molecule has 4 aliphatic heterocycles. The maximum atomic E-state index is 14.3. The fourth-order valence-corrected chi connectivity index (χ4v) is 14.0. The number of carbonyl (C=O) groups excluding carboxylic acids is 1. The van der Waals surface area contributed by atoms with Crippen molar-refractivity contribution in [3.8, 4) is 0 Å². The van der Waals surface area contributed by atoms with Crippen LogP contribution in [-0.4, -0.2) is 232 Å². The first-order chi connectivity index (χ1) is 32.0. The first kappa shape index (κ1) is 52.7. The van der Waals surface area contributed by atoms with Crippen molar-refractivity contribution < 1.29 is 114 Å². The Balaban J connectivity index is 1.08. The molecule has 0 amide bonds. The van der Waals surface area contributed by atoms with Crippen LogP contribution in [0.3, 0.4) is 0 Å². The number of carbonyl (C=O) groups is 1. The van der Waals surface area contributed by atoms with Crippen LogP contribution in [0.2, 0.25) is 0 Å². The van der Waals surface area contributed by atoms with Gasteiger partial charge in [0, 0.05) is 0 Å². The summed E-state index contributed by atoms with van der Waals surface area (Å²) in [6.45, 7) is 7.05. The van der Waals surface area contributed by atoms with E-state index in [1.165, 1.54) is 0 Å². The van der Waals surface area contributed by atoms with E-state index in [1.54, 1.807) is 6.92 Å². The molecule has 0 aromatic rings. The Kier molecular flexibility index (Phi) is 15.2. The lowest BCUT2D eigenvalue weighted by atomic mass is 9.29. The standard InChI is InChI=1S/C45H72O23/c1-17(2)45(11-18-10-44-8-5-7-43(4,23(44)6-9-42(3,16-45)36(18)44)41(60)67-39-33(59)30(56)26(52)21(14-48)63-39)68-40-35(66-38-32(58)29(55)25(51)20(13-47)62-38)34(27(53)22(15-49)64-40)65-37-31(57)28(54)24(50)19(12-46)61-37/h18-40,46-59H,1,5-16H2,2-4H3/t18?,19?,20?,21?,22?,23-,24?,25?,26?,27?,28?,29?,30?,31?,32?,33?,34?,35?,36-,37?,38?,39?,40?,42+,43-,44+,45+/m1/s1. The van der Waals surface area contributed by atoms with Crippen molar-refractivity contribution in [3.05, 3.63) is 12.2 Å². The molecule has 68 heavy (non-hydrogen) atoms. The predicted octanol–water partition coefficient (Wildman–Crippen LogP) is -4.87. The van der Waals surface area contributed by atoms with Crippen LogP contribution in [0.5, 0.6) is 0 Å². The SMILES string of the molecule is C=C(C)[C@]1(OC2OC(CO)C(O)C(OC3OC(CO)C(O)C(O)C3O)C2OC2OC(CO)C(O)C(O)C2O)CC2C[C@@]34CCC[C@@](C)(C(=O)OC5OC(CO)C(O)C(O)C5O)[C@H]3CC[C@@](C)(C1)[C@@H]24. The van der Waals surface area contributed by atoms with Crippen molar-refractivity contribution in [1.29, 1.82) is 0 Å². The summed E-state index contributed by atoms with van der Waals surface area (Å²) in [5, 5.41) is 148. The molecule has 23 nitrogen and oxygen atoms in total. The number of hydrogen-bond donors (Lipinski definition) is 14. The molecule has 0 aromatic heterocycles. The fraction of sp³-hybridized carbons (Fsp3) is 0.933. The molecule has 8 aliphatic rings. The Morgan fingerprint density at radius 2 is 1.06 bits per heavy atom. The highest BCUT2D eigenvalue weighted by Gasteiger charge is 2.74. The Morgan fingerprint density at radius 3 is 1.57 bits per heavy atom. The van der Waals surface area contributed by atoms with Crippen molar-refractivity contribution in [2.75, 3.05) is 26.4 Å². The van der Waals surface area contributed by atoms with Crippen molar-refractivity contribution in [1.82, 2.24) is 0 Å². The number of hydrogen-bond acceptors (Lipinski definition) is 23. The zero-order valence-corrected chi connectivity index (χ0v) is 38.4. The van der Waals surface area contributed by atoms with Gasteiger partial charge in [-0.2, -0.15) is 0 Å². The zero-order valence-electron chi connectivity index (χ0n) is 38.4. The third-order valence-electron chi connectivity index (χ3n) is 17.3. The summed E-state index contributed by atoms with van der Waals surface area (Å²) in [6, 6.07) is 0. The Bertz CT molecular complexity index is 1790. The maximum absolute atomic E-state index is 14.3. The average molecular weight is 981 g/mol. The second kappa shape index (κ2) is 19.7. The summed E-state index contributed by atoms with van der Waals surface area (Å²) < 4.78 is 48.5. The van der Waals surface area contributed by atoms with Gasteiger partial charge in [-0.1, -0.05) is 19.9 Å². The fourth-order valence-electron chi connectivity index (χ4n) is 14.0. The lowest BCUT2D eigenvalue weighted by Crippen LogP contribution is -2.72.